The Kier molecular flexibility index (Phi) is 5.42. The largest absolute Gasteiger partial charge is 0.316 e. The van der Waals surface area contributed by atoms with Crippen molar-refractivity contribution in [3.8, 4) is 0 Å². The van der Waals surface area contributed by atoms with Crippen molar-refractivity contribution in [3.05, 3.63) is 12.2 Å². The highest BCUT2D eigenvalue weighted by Gasteiger charge is 2.37. The van der Waals surface area contributed by atoms with Crippen molar-refractivity contribution in [1.82, 2.24) is 20.1 Å². The summed E-state index contributed by atoms with van der Waals surface area (Å²) in [5, 5.41) is 7.97. The lowest BCUT2D eigenvalue weighted by atomic mass is 9.65. The van der Waals surface area contributed by atoms with Crippen LogP contribution in [0.2, 0.25) is 0 Å². The summed E-state index contributed by atoms with van der Waals surface area (Å²) in [6.07, 6.45) is 8.10. The van der Waals surface area contributed by atoms with Gasteiger partial charge < -0.3 is 5.32 Å². The zero-order valence-electron chi connectivity index (χ0n) is 14.4. The Hall–Kier alpha value is -0.900. The van der Waals surface area contributed by atoms with Gasteiger partial charge in [0.2, 0.25) is 0 Å². The Morgan fingerprint density at radius 1 is 1.38 bits per heavy atom. The van der Waals surface area contributed by atoms with Gasteiger partial charge in [-0.1, -0.05) is 40.5 Å². The predicted molar refractivity (Wildman–Crippen MR) is 87.2 cm³/mol. The van der Waals surface area contributed by atoms with Crippen LogP contribution in [0.4, 0.5) is 0 Å². The molecule has 0 saturated heterocycles. The zero-order chi connectivity index (χ0) is 15.5. The molecule has 1 N–H and O–H groups in total. The van der Waals surface area contributed by atoms with E-state index in [2.05, 4.69) is 54.8 Å². The first-order valence-corrected chi connectivity index (χ1v) is 8.48. The Morgan fingerprint density at radius 3 is 2.76 bits per heavy atom. The van der Waals surface area contributed by atoms with Gasteiger partial charge in [0.15, 0.2) is 0 Å². The monoisotopic (exact) mass is 292 g/mol. The van der Waals surface area contributed by atoms with Gasteiger partial charge in [0, 0.05) is 19.0 Å². The van der Waals surface area contributed by atoms with E-state index < -0.39 is 0 Å². The minimum Gasteiger partial charge on any atom is -0.316 e. The molecular formula is C17H32N4. The first kappa shape index (κ1) is 16.5. The van der Waals surface area contributed by atoms with Crippen LogP contribution in [0.3, 0.4) is 0 Å². The summed E-state index contributed by atoms with van der Waals surface area (Å²) in [5.41, 5.74) is 0.425. The molecule has 1 aliphatic carbocycles. The fraction of sp³-hybridized carbons (Fsp3) is 0.882. The lowest BCUT2D eigenvalue weighted by molar-refractivity contribution is 0.0998. The Morgan fingerprint density at radius 2 is 2.14 bits per heavy atom. The average Bonchev–Trinajstić information content (AvgIpc) is 2.82. The Labute approximate surface area is 129 Å². The van der Waals surface area contributed by atoms with Gasteiger partial charge in [0.05, 0.1) is 0 Å². The maximum absolute atomic E-state index is 4.51. The summed E-state index contributed by atoms with van der Waals surface area (Å²) in [6, 6.07) is 0.496. The molecule has 1 saturated carbocycles. The van der Waals surface area contributed by atoms with E-state index in [0.717, 1.165) is 24.7 Å². The van der Waals surface area contributed by atoms with Crippen LogP contribution in [0, 0.1) is 17.3 Å². The standard InChI is InChI=1S/C17H32N4/c1-13(2)11-21-16(19-12-20-21)10-15(18-5)14-8-6-7-9-17(14,3)4/h12-15,18H,6-11H2,1-5H3. The molecule has 1 aliphatic rings. The van der Waals surface area contributed by atoms with Gasteiger partial charge in [-0.15, -0.1) is 0 Å². The zero-order valence-corrected chi connectivity index (χ0v) is 14.4. The highest BCUT2D eigenvalue weighted by atomic mass is 15.3. The molecule has 0 bridgehead atoms. The number of hydrogen-bond acceptors (Lipinski definition) is 3. The fourth-order valence-electron chi connectivity index (χ4n) is 3.85. The van der Waals surface area contributed by atoms with Crippen LogP contribution < -0.4 is 5.32 Å². The van der Waals surface area contributed by atoms with Gasteiger partial charge in [-0.05, 0) is 37.1 Å². The lowest BCUT2D eigenvalue weighted by Gasteiger charge is -2.43. The minimum atomic E-state index is 0.425. The smallest absolute Gasteiger partial charge is 0.138 e. The molecule has 0 radical (unpaired) electrons. The number of aromatic nitrogens is 3. The summed E-state index contributed by atoms with van der Waals surface area (Å²) in [7, 11) is 2.10. The first-order valence-electron chi connectivity index (χ1n) is 8.48. The molecule has 0 aromatic carbocycles. The number of hydrogen-bond donors (Lipinski definition) is 1. The summed E-state index contributed by atoms with van der Waals surface area (Å²) in [5.74, 6) is 2.45. The SMILES string of the molecule is CNC(Cc1ncnn1CC(C)C)C1CCCCC1(C)C. The lowest BCUT2D eigenvalue weighted by Crippen LogP contribution is -2.45. The molecule has 21 heavy (non-hydrogen) atoms. The Balaban J connectivity index is 2.10. The molecule has 1 heterocycles. The number of likely N-dealkylation sites (N-methyl/N-ethyl adjacent to an activating group) is 1. The molecule has 0 amide bonds. The van der Waals surface area contributed by atoms with Crippen LogP contribution >= 0.6 is 0 Å². The van der Waals surface area contributed by atoms with E-state index in [4.69, 9.17) is 0 Å². The molecular weight excluding hydrogens is 260 g/mol. The average molecular weight is 292 g/mol. The summed E-state index contributed by atoms with van der Waals surface area (Å²) >= 11 is 0. The van der Waals surface area contributed by atoms with Crippen molar-refractivity contribution in [1.29, 1.82) is 0 Å². The third-order valence-electron chi connectivity index (χ3n) is 5.08. The molecule has 1 fully saturated rings. The van der Waals surface area contributed by atoms with E-state index in [9.17, 15) is 0 Å². The van der Waals surface area contributed by atoms with Crippen molar-refractivity contribution in [2.45, 2.75) is 72.4 Å². The van der Waals surface area contributed by atoms with Crippen molar-refractivity contribution in [3.63, 3.8) is 0 Å². The molecule has 0 aliphatic heterocycles. The van der Waals surface area contributed by atoms with Gasteiger partial charge in [0.25, 0.3) is 0 Å². The molecule has 2 rings (SSSR count). The highest BCUT2D eigenvalue weighted by Crippen LogP contribution is 2.42. The second-order valence-electron chi connectivity index (χ2n) is 7.69. The highest BCUT2D eigenvalue weighted by molar-refractivity contribution is 4.97. The van der Waals surface area contributed by atoms with Crippen LogP contribution in [0.25, 0.3) is 0 Å². The topological polar surface area (TPSA) is 42.7 Å². The maximum Gasteiger partial charge on any atom is 0.138 e. The normalized spacial score (nSPS) is 23.4. The minimum absolute atomic E-state index is 0.425. The molecule has 0 spiro atoms. The summed E-state index contributed by atoms with van der Waals surface area (Å²) in [4.78, 5) is 4.51. The van der Waals surface area contributed by atoms with E-state index in [1.54, 1.807) is 6.33 Å². The molecule has 2 unspecified atom stereocenters. The second kappa shape index (κ2) is 6.91. The van der Waals surface area contributed by atoms with Gasteiger partial charge in [-0.2, -0.15) is 5.10 Å². The molecule has 2 atom stereocenters. The Bertz CT molecular complexity index is 436. The van der Waals surface area contributed by atoms with E-state index in [1.807, 2.05) is 0 Å². The third-order valence-corrected chi connectivity index (χ3v) is 5.08. The van der Waals surface area contributed by atoms with E-state index in [0.29, 0.717) is 17.4 Å². The van der Waals surface area contributed by atoms with Crippen molar-refractivity contribution in [2.24, 2.45) is 17.3 Å². The number of nitrogens with zero attached hydrogens (tertiary/aromatic N) is 3. The number of rotatable bonds is 6. The van der Waals surface area contributed by atoms with Crippen molar-refractivity contribution < 1.29 is 0 Å². The molecule has 1 aromatic rings. The molecule has 120 valence electrons. The van der Waals surface area contributed by atoms with E-state index in [-0.39, 0.29) is 0 Å². The van der Waals surface area contributed by atoms with Gasteiger partial charge in [-0.3, -0.25) is 0 Å². The molecule has 1 aromatic heterocycles. The number of nitrogens with one attached hydrogen (secondary N) is 1. The van der Waals surface area contributed by atoms with Crippen LogP contribution in [-0.4, -0.2) is 27.9 Å². The second-order valence-corrected chi connectivity index (χ2v) is 7.69. The van der Waals surface area contributed by atoms with Crippen molar-refractivity contribution in [2.75, 3.05) is 7.05 Å². The van der Waals surface area contributed by atoms with Gasteiger partial charge in [-0.25, -0.2) is 9.67 Å². The van der Waals surface area contributed by atoms with Crippen molar-refractivity contribution >= 4 is 0 Å². The molecule has 4 nitrogen and oxygen atoms in total. The maximum atomic E-state index is 4.51. The quantitative estimate of drug-likeness (QED) is 0.875. The van der Waals surface area contributed by atoms with Gasteiger partial charge >= 0.3 is 0 Å². The van der Waals surface area contributed by atoms with Crippen LogP contribution in [-0.2, 0) is 13.0 Å². The van der Waals surface area contributed by atoms with E-state index in [1.165, 1.54) is 25.7 Å². The van der Waals surface area contributed by atoms with E-state index >= 15 is 0 Å². The van der Waals surface area contributed by atoms with Crippen LogP contribution in [0.5, 0.6) is 0 Å². The fourth-order valence-corrected chi connectivity index (χ4v) is 3.85. The van der Waals surface area contributed by atoms with Gasteiger partial charge in [0.1, 0.15) is 12.2 Å². The molecule has 4 heteroatoms. The predicted octanol–water partition coefficient (Wildman–Crippen LogP) is 3.28. The first-order chi connectivity index (χ1) is 9.94. The van der Waals surface area contributed by atoms with Crippen LogP contribution in [0.15, 0.2) is 6.33 Å². The van der Waals surface area contributed by atoms with Crippen LogP contribution in [0.1, 0.15) is 59.2 Å². The summed E-state index contributed by atoms with van der Waals surface area (Å²) in [6.45, 7) is 10.3. The third kappa shape index (κ3) is 4.06. The summed E-state index contributed by atoms with van der Waals surface area (Å²) < 4.78 is 2.09.